The van der Waals surface area contributed by atoms with Crippen molar-refractivity contribution in [3.05, 3.63) is 94.5 Å². The minimum absolute atomic E-state index is 0.111. The number of aromatic nitrogens is 2. The zero-order chi connectivity index (χ0) is 28.2. The first-order valence-electron chi connectivity index (χ1n) is 12.7. The highest BCUT2D eigenvalue weighted by Gasteiger charge is 2.32. The molecular formula is C31H29N3O4S2. The van der Waals surface area contributed by atoms with E-state index < -0.39 is 0 Å². The Morgan fingerprint density at radius 1 is 0.925 bits per heavy atom. The van der Waals surface area contributed by atoms with E-state index in [4.69, 9.17) is 31.5 Å². The van der Waals surface area contributed by atoms with Gasteiger partial charge in [-0.05, 0) is 73.0 Å². The van der Waals surface area contributed by atoms with Gasteiger partial charge in [0.05, 0.1) is 31.9 Å². The molecule has 2 heterocycles. The third kappa shape index (κ3) is 5.61. The van der Waals surface area contributed by atoms with Crippen LogP contribution in [-0.2, 0) is 11.2 Å². The molecule has 3 aromatic carbocycles. The molecule has 1 aliphatic heterocycles. The molecule has 204 valence electrons. The van der Waals surface area contributed by atoms with Gasteiger partial charge in [0.1, 0.15) is 15.8 Å². The second-order valence-electron chi connectivity index (χ2n) is 9.17. The molecule has 0 saturated carbocycles. The number of rotatable bonds is 9. The number of amides is 1. The van der Waals surface area contributed by atoms with Crippen molar-refractivity contribution in [2.75, 3.05) is 27.9 Å². The maximum atomic E-state index is 13.5. The SMILES string of the molecule is COc1ccc(-c2nn(-c3ccccc3)cc2/C=C2/SC(=S)N(CCc3ccc(OC)c(OC)c3)C2=O)cc1C. The molecule has 0 radical (unpaired) electrons. The van der Waals surface area contributed by atoms with Crippen molar-refractivity contribution in [3.63, 3.8) is 0 Å². The quantitative estimate of drug-likeness (QED) is 0.172. The van der Waals surface area contributed by atoms with E-state index in [-0.39, 0.29) is 5.91 Å². The van der Waals surface area contributed by atoms with E-state index in [1.54, 1.807) is 26.2 Å². The van der Waals surface area contributed by atoms with Crippen molar-refractivity contribution in [3.8, 4) is 34.2 Å². The maximum absolute atomic E-state index is 13.5. The number of aryl methyl sites for hydroxylation is 1. The fourth-order valence-corrected chi connectivity index (χ4v) is 5.87. The lowest BCUT2D eigenvalue weighted by Gasteiger charge is -2.15. The summed E-state index contributed by atoms with van der Waals surface area (Å²) in [7, 11) is 4.87. The largest absolute Gasteiger partial charge is 0.496 e. The minimum atomic E-state index is -0.111. The average Bonchev–Trinajstić information content (AvgIpc) is 3.52. The van der Waals surface area contributed by atoms with Crippen LogP contribution < -0.4 is 14.2 Å². The Morgan fingerprint density at radius 2 is 1.65 bits per heavy atom. The van der Waals surface area contributed by atoms with Crippen LogP contribution in [0, 0.1) is 6.92 Å². The lowest BCUT2D eigenvalue weighted by atomic mass is 10.0. The molecule has 0 unspecified atom stereocenters. The number of carbonyl (C=O) groups is 1. The van der Waals surface area contributed by atoms with E-state index in [1.165, 1.54) is 11.8 Å². The van der Waals surface area contributed by atoms with Gasteiger partial charge in [-0.1, -0.05) is 48.2 Å². The van der Waals surface area contributed by atoms with Crippen molar-refractivity contribution >= 4 is 40.3 Å². The molecule has 1 amide bonds. The number of thioether (sulfide) groups is 1. The molecule has 0 atom stereocenters. The second-order valence-corrected chi connectivity index (χ2v) is 10.8. The normalized spacial score (nSPS) is 14.2. The summed E-state index contributed by atoms with van der Waals surface area (Å²) < 4.78 is 18.6. The number of thiocarbonyl (C=S) groups is 1. The van der Waals surface area contributed by atoms with Crippen molar-refractivity contribution < 1.29 is 19.0 Å². The van der Waals surface area contributed by atoms with E-state index in [2.05, 4.69) is 0 Å². The van der Waals surface area contributed by atoms with E-state index in [9.17, 15) is 4.79 Å². The first-order chi connectivity index (χ1) is 19.4. The van der Waals surface area contributed by atoms with Crippen LogP contribution in [0.1, 0.15) is 16.7 Å². The van der Waals surface area contributed by atoms with Crippen LogP contribution in [0.25, 0.3) is 23.0 Å². The summed E-state index contributed by atoms with van der Waals surface area (Å²) in [6.07, 6.45) is 4.46. The number of hydrogen-bond donors (Lipinski definition) is 0. The van der Waals surface area contributed by atoms with Crippen molar-refractivity contribution in [1.29, 1.82) is 0 Å². The lowest BCUT2D eigenvalue weighted by Crippen LogP contribution is -2.30. The van der Waals surface area contributed by atoms with E-state index >= 15 is 0 Å². The summed E-state index contributed by atoms with van der Waals surface area (Å²) in [4.78, 5) is 15.7. The van der Waals surface area contributed by atoms with Crippen LogP contribution in [0.2, 0.25) is 0 Å². The Bertz CT molecular complexity index is 1600. The zero-order valence-corrected chi connectivity index (χ0v) is 24.3. The Balaban J connectivity index is 1.44. The second kappa shape index (κ2) is 12.0. The molecule has 1 fully saturated rings. The number of hydrogen-bond acceptors (Lipinski definition) is 7. The van der Waals surface area contributed by atoms with Gasteiger partial charge < -0.3 is 14.2 Å². The first kappa shape index (κ1) is 27.5. The molecule has 1 aromatic heterocycles. The van der Waals surface area contributed by atoms with Gasteiger partial charge in [-0.25, -0.2) is 4.68 Å². The van der Waals surface area contributed by atoms with Crippen molar-refractivity contribution in [1.82, 2.24) is 14.7 Å². The topological polar surface area (TPSA) is 65.8 Å². The predicted molar refractivity (Wildman–Crippen MR) is 163 cm³/mol. The van der Waals surface area contributed by atoms with Crippen LogP contribution in [-0.4, -0.2) is 52.8 Å². The molecule has 7 nitrogen and oxygen atoms in total. The highest BCUT2D eigenvalue weighted by atomic mass is 32.2. The number of ether oxygens (including phenoxy) is 3. The number of para-hydroxylation sites is 1. The first-order valence-corrected chi connectivity index (χ1v) is 13.9. The summed E-state index contributed by atoms with van der Waals surface area (Å²) in [5, 5.41) is 4.90. The number of methoxy groups -OCH3 is 3. The average molecular weight is 572 g/mol. The minimum Gasteiger partial charge on any atom is -0.496 e. The van der Waals surface area contributed by atoms with Crippen LogP contribution in [0.3, 0.4) is 0 Å². The third-order valence-electron chi connectivity index (χ3n) is 6.66. The molecule has 9 heteroatoms. The van der Waals surface area contributed by atoms with Crippen LogP contribution in [0.4, 0.5) is 0 Å². The molecule has 0 spiro atoms. The lowest BCUT2D eigenvalue weighted by molar-refractivity contribution is -0.122. The van der Waals surface area contributed by atoms with Gasteiger partial charge in [0.15, 0.2) is 11.5 Å². The number of benzene rings is 3. The molecule has 0 N–H and O–H groups in total. The maximum Gasteiger partial charge on any atom is 0.266 e. The molecule has 4 aromatic rings. The van der Waals surface area contributed by atoms with Gasteiger partial charge in [-0.15, -0.1) is 0 Å². The van der Waals surface area contributed by atoms with Gasteiger partial charge in [-0.3, -0.25) is 9.69 Å². The highest BCUT2D eigenvalue weighted by molar-refractivity contribution is 8.26. The number of nitrogens with zero attached hydrogens (tertiary/aromatic N) is 3. The highest BCUT2D eigenvalue weighted by Crippen LogP contribution is 2.36. The van der Waals surface area contributed by atoms with Crippen molar-refractivity contribution in [2.45, 2.75) is 13.3 Å². The van der Waals surface area contributed by atoms with Gasteiger partial charge in [0.2, 0.25) is 0 Å². The summed E-state index contributed by atoms with van der Waals surface area (Å²) in [5.74, 6) is 2.02. The number of carbonyl (C=O) groups excluding carboxylic acids is 1. The third-order valence-corrected chi connectivity index (χ3v) is 8.04. The Kier molecular flexibility index (Phi) is 8.23. The van der Waals surface area contributed by atoms with Crippen molar-refractivity contribution in [2.24, 2.45) is 0 Å². The molecule has 0 bridgehead atoms. The molecule has 0 aliphatic carbocycles. The monoisotopic (exact) mass is 571 g/mol. The zero-order valence-electron chi connectivity index (χ0n) is 22.7. The molecule has 40 heavy (non-hydrogen) atoms. The van der Waals surface area contributed by atoms with Gasteiger partial charge in [-0.2, -0.15) is 5.10 Å². The fourth-order valence-electron chi connectivity index (χ4n) is 4.57. The Hall–Kier alpha value is -4.08. The molecule has 1 aliphatic rings. The smallest absolute Gasteiger partial charge is 0.266 e. The summed E-state index contributed by atoms with van der Waals surface area (Å²) in [6, 6.07) is 21.6. The van der Waals surface area contributed by atoms with Gasteiger partial charge in [0.25, 0.3) is 5.91 Å². The van der Waals surface area contributed by atoms with E-state index in [0.717, 1.165) is 39.4 Å². The summed E-state index contributed by atoms with van der Waals surface area (Å²) >= 11 is 6.93. The van der Waals surface area contributed by atoms with Crippen LogP contribution in [0.15, 0.2) is 77.8 Å². The predicted octanol–water partition coefficient (Wildman–Crippen LogP) is 6.32. The summed E-state index contributed by atoms with van der Waals surface area (Å²) in [5.41, 5.74) is 5.48. The van der Waals surface area contributed by atoms with Gasteiger partial charge >= 0.3 is 0 Å². The van der Waals surface area contributed by atoms with E-state index in [1.807, 2.05) is 90.6 Å². The van der Waals surface area contributed by atoms with Crippen LogP contribution >= 0.6 is 24.0 Å². The van der Waals surface area contributed by atoms with E-state index in [0.29, 0.717) is 33.7 Å². The van der Waals surface area contributed by atoms with Gasteiger partial charge in [0, 0.05) is 23.9 Å². The molecule has 1 saturated heterocycles. The standard InChI is InChI=1S/C31H29N3O4S2/c1-20-16-22(11-13-25(20)36-2)29-23(19-34(32-29)24-8-6-5-7-9-24)18-28-30(35)33(31(39)40-28)15-14-21-10-12-26(37-3)27(17-21)38-4/h5-13,16-19H,14-15H2,1-4H3/b28-18+. The molecule has 5 rings (SSSR count). The van der Waals surface area contributed by atoms with Crippen LogP contribution in [0.5, 0.6) is 17.2 Å². The Labute approximate surface area is 243 Å². The summed E-state index contributed by atoms with van der Waals surface area (Å²) in [6.45, 7) is 2.46. The molecular weight excluding hydrogens is 542 g/mol. The fraction of sp³-hybridized carbons (Fsp3) is 0.194. The Morgan fingerprint density at radius 3 is 2.35 bits per heavy atom.